The van der Waals surface area contributed by atoms with Crippen LogP contribution in [0.25, 0.3) is 0 Å². The second-order valence-corrected chi connectivity index (χ2v) is 6.29. The van der Waals surface area contributed by atoms with Crippen LogP contribution in [0.15, 0.2) is 60.7 Å². The Balaban J connectivity index is 1.60. The fourth-order valence-corrected chi connectivity index (χ4v) is 3.05. The van der Waals surface area contributed by atoms with Crippen LogP contribution < -0.4 is 0 Å². The Bertz CT molecular complexity index is 639. The van der Waals surface area contributed by atoms with Gasteiger partial charge in [0.15, 0.2) is 0 Å². The molecule has 2 aromatic carbocycles. The van der Waals surface area contributed by atoms with E-state index in [1.165, 1.54) is 0 Å². The second kappa shape index (κ2) is 9.35. The zero-order chi connectivity index (χ0) is 17.3. The van der Waals surface area contributed by atoms with Crippen molar-refractivity contribution in [2.24, 2.45) is 0 Å². The van der Waals surface area contributed by atoms with Crippen molar-refractivity contribution in [2.75, 3.05) is 32.8 Å². The first-order valence-corrected chi connectivity index (χ1v) is 8.90. The molecule has 1 aliphatic rings. The van der Waals surface area contributed by atoms with Gasteiger partial charge in [0.2, 0.25) is 0 Å². The van der Waals surface area contributed by atoms with Gasteiger partial charge in [-0.1, -0.05) is 60.7 Å². The van der Waals surface area contributed by atoms with Gasteiger partial charge in [0.05, 0.1) is 19.6 Å². The van der Waals surface area contributed by atoms with Crippen molar-refractivity contribution >= 4 is 5.97 Å². The SMILES string of the molecule is O=C(Cc1ccccc1)OC(CCN1CCOCC1)c1ccccc1. The molecular weight excluding hydrogens is 314 g/mol. The molecule has 4 nitrogen and oxygen atoms in total. The molecule has 1 unspecified atom stereocenters. The number of carbonyl (C=O) groups is 1. The minimum Gasteiger partial charge on any atom is -0.457 e. The highest BCUT2D eigenvalue weighted by molar-refractivity contribution is 5.72. The lowest BCUT2D eigenvalue weighted by Crippen LogP contribution is -2.37. The van der Waals surface area contributed by atoms with Gasteiger partial charge in [-0.05, 0) is 11.1 Å². The summed E-state index contributed by atoms with van der Waals surface area (Å²) in [5, 5.41) is 0. The van der Waals surface area contributed by atoms with Gasteiger partial charge < -0.3 is 9.47 Å². The number of nitrogens with zero attached hydrogens (tertiary/aromatic N) is 1. The number of morpholine rings is 1. The van der Waals surface area contributed by atoms with Gasteiger partial charge in [0.25, 0.3) is 0 Å². The zero-order valence-electron chi connectivity index (χ0n) is 14.5. The predicted octanol–water partition coefficient (Wildman–Crippen LogP) is 3.24. The zero-order valence-corrected chi connectivity index (χ0v) is 14.5. The maximum atomic E-state index is 12.4. The average Bonchev–Trinajstić information content (AvgIpc) is 2.67. The van der Waals surface area contributed by atoms with Crippen molar-refractivity contribution in [1.82, 2.24) is 4.90 Å². The van der Waals surface area contributed by atoms with Crippen LogP contribution in [0.4, 0.5) is 0 Å². The van der Waals surface area contributed by atoms with Crippen molar-refractivity contribution in [2.45, 2.75) is 18.9 Å². The van der Waals surface area contributed by atoms with E-state index in [9.17, 15) is 4.79 Å². The highest BCUT2D eigenvalue weighted by Gasteiger charge is 2.19. The average molecular weight is 339 g/mol. The minimum atomic E-state index is -0.208. The van der Waals surface area contributed by atoms with Crippen molar-refractivity contribution in [3.05, 3.63) is 71.8 Å². The topological polar surface area (TPSA) is 38.8 Å². The summed E-state index contributed by atoms with van der Waals surface area (Å²) >= 11 is 0. The van der Waals surface area contributed by atoms with Gasteiger partial charge in [-0.15, -0.1) is 0 Å². The number of hydrogen-bond donors (Lipinski definition) is 0. The van der Waals surface area contributed by atoms with Crippen LogP contribution >= 0.6 is 0 Å². The van der Waals surface area contributed by atoms with Gasteiger partial charge in [0.1, 0.15) is 6.10 Å². The Morgan fingerprint density at radius 3 is 2.32 bits per heavy atom. The fraction of sp³-hybridized carbons (Fsp3) is 0.381. The van der Waals surface area contributed by atoms with E-state index in [0.29, 0.717) is 6.42 Å². The van der Waals surface area contributed by atoms with Crippen LogP contribution in [0.1, 0.15) is 23.7 Å². The second-order valence-electron chi connectivity index (χ2n) is 6.29. The fourth-order valence-electron chi connectivity index (χ4n) is 3.05. The van der Waals surface area contributed by atoms with E-state index in [1.807, 2.05) is 60.7 Å². The van der Waals surface area contributed by atoms with E-state index in [0.717, 1.165) is 50.4 Å². The summed E-state index contributed by atoms with van der Waals surface area (Å²) < 4.78 is 11.2. The normalized spacial score (nSPS) is 16.3. The Hall–Kier alpha value is -2.17. The molecule has 132 valence electrons. The third-order valence-corrected chi connectivity index (χ3v) is 4.45. The first-order valence-electron chi connectivity index (χ1n) is 8.90. The van der Waals surface area contributed by atoms with E-state index in [-0.39, 0.29) is 12.1 Å². The Kier molecular flexibility index (Phi) is 6.60. The molecule has 1 saturated heterocycles. The number of ether oxygens (including phenoxy) is 2. The molecule has 0 bridgehead atoms. The maximum absolute atomic E-state index is 12.4. The van der Waals surface area contributed by atoms with Crippen LogP contribution in [0.3, 0.4) is 0 Å². The Morgan fingerprint density at radius 1 is 1.00 bits per heavy atom. The molecular formula is C21H25NO3. The molecule has 1 heterocycles. The molecule has 25 heavy (non-hydrogen) atoms. The van der Waals surface area contributed by atoms with E-state index in [2.05, 4.69) is 4.90 Å². The summed E-state index contributed by atoms with van der Waals surface area (Å²) in [6.07, 6.45) is 0.895. The predicted molar refractivity (Wildman–Crippen MR) is 97.3 cm³/mol. The molecule has 3 rings (SSSR count). The summed E-state index contributed by atoms with van der Waals surface area (Å²) in [6, 6.07) is 19.7. The summed E-state index contributed by atoms with van der Waals surface area (Å²) in [4.78, 5) is 14.8. The lowest BCUT2D eigenvalue weighted by Gasteiger charge is -2.28. The van der Waals surface area contributed by atoms with Crippen molar-refractivity contribution in [3.8, 4) is 0 Å². The van der Waals surface area contributed by atoms with Gasteiger partial charge in [-0.2, -0.15) is 0 Å². The molecule has 0 spiro atoms. The summed E-state index contributed by atoms with van der Waals surface area (Å²) in [7, 11) is 0. The number of rotatable bonds is 7. The van der Waals surface area contributed by atoms with Gasteiger partial charge in [-0.25, -0.2) is 0 Å². The van der Waals surface area contributed by atoms with Crippen LogP contribution in [-0.4, -0.2) is 43.7 Å². The Morgan fingerprint density at radius 2 is 1.64 bits per heavy atom. The summed E-state index contributed by atoms with van der Waals surface area (Å²) in [5.74, 6) is -0.179. The maximum Gasteiger partial charge on any atom is 0.310 e. The summed E-state index contributed by atoms with van der Waals surface area (Å²) in [6.45, 7) is 4.36. The monoisotopic (exact) mass is 339 g/mol. The van der Waals surface area contributed by atoms with Gasteiger partial charge >= 0.3 is 5.97 Å². The molecule has 0 radical (unpaired) electrons. The number of hydrogen-bond acceptors (Lipinski definition) is 4. The van der Waals surface area contributed by atoms with Crippen LogP contribution in [0, 0.1) is 0 Å². The first-order chi connectivity index (χ1) is 12.3. The molecule has 0 aliphatic carbocycles. The highest BCUT2D eigenvalue weighted by atomic mass is 16.5. The Labute approximate surface area is 149 Å². The first kappa shape index (κ1) is 17.6. The quantitative estimate of drug-likeness (QED) is 0.726. The van der Waals surface area contributed by atoms with Crippen LogP contribution in [-0.2, 0) is 20.7 Å². The largest absolute Gasteiger partial charge is 0.457 e. The van der Waals surface area contributed by atoms with Crippen LogP contribution in [0.2, 0.25) is 0 Å². The standard InChI is InChI=1S/C21H25NO3/c23-21(17-18-7-3-1-4-8-18)25-20(19-9-5-2-6-10-19)11-12-22-13-15-24-16-14-22/h1-10,20H,11-17H2. The van der Waals surface area contributed by atoms with E-state index >= 15 is 0 Å². The molecule has 4 heteroatoms. The molecule has 0 saturated carbocycles. The van der Waals surface area contributed by atoms with Gasteiger partial charge in [-0.3, -0.25) is 9.69 Å². The smallest absolute Gasteiger partial charge is 0.310 e. The molecule has 0 aromatic heterocycles. The molecule has 2 aromatic rings. The lowest BCUT2D eigenvalue weighted by molar-refractivity contribution is -0.149. The minimum absolute atomic E-state index is 0.179. The number of carbonyl (C=O) groups excluding carboxylic acids is 1. The molecule has 1 aliphatic heterocycles. The highest BCUT2D eigenvalue weighted by Crippen LogP contribution is 2.22. The van der Waals surface area contributed by atoms with Crippen LogP contribution in [0.5, 0.6) is 0 Å². The number of benzene rings is 2. The van der Waals surface area contributed by atoms with E-state index in [1.54, 1.807) is 0 Å². The van der Waals surface area contributed by atoms with Crippen molar-refractivity contribution in [1.29, 1.82) is 0 Å². The number of esters is 1. The molecule has 0 amide bonds. The van der Waals surface area contributed by atoms with Crippen molar-refractivity contribution in [3.63, 3.8) is 0 Å². The van der Waals surface area contributed by atoms with Crippen molar-refractivity contribution < 1.29 is 14.3 Å². The molecule has 1 atom stereocenters. The lowest BCUT2D eigenvalue weighted by atomic mass is 10.1. The third-order valence-electron chi connectivity index (χ3n) is 4.45. The van der Waals surface area contributed by atoms with E-state index in [4.69, 9.17) is 9.47 Å². The summed E-state index contributed by atoms with van der Waals surface area (Å²) in [5.41, 5.74) is 2.03. The van der Waals surface area contributed by atoms with Gasteiger partial charge in [0, 0.05) is 26.1 Å². The third kappa shape index (κ3) is 5.69. The van der Waals surface area contributed by atoms with E-state index < -0.39 is 0 Å². The molecule has 0 N–H and O–H groups in total. The molecule has 1 fully saturated rings.